The first-order valence-electron chi connectivity index (χ1n) is 5.38. The largest absolute Gasteiger partial charge is 0.495 e. The van der Waals surface area contributed by atoms with Gasteiger partial charge in [0, 0.05) is 6.04 Å². The van der Waals surface area contributed by atoms with Crippen LogP contribution in [0.15, 0.2) is 24.3 Å². The van der Waals surface area contributed by atoms with Gasteiger partial charge in [0.15, 0.2) is 5.11 Å². The Kier molecular flexibility index (Phi) is 5.05. The number of thiocarbonyl (C=S) groups is 1. The predicted octanol–water partition coefficient (Wildman–Crippen LogP) is 2.78. The number of anilines is 1. The van der Waals surface area contributed by atoms with Crippen LogP contribution in [0.4, 0.5) is 5.69 Å². The highest BCUT2D eigenvalue weighted by atomic mass is 32.1. The van der Waals surface area contributed by atoms with Crippen molar-refractivity contribution in [1.82, 2.24) is 5.32 Å². The highest BCUT2D eigenvalue weighted by Crippen LogP contribution is 2.22. The fraction of sp³-hybridized carbons (Fsp3) is 0.417. The summed E-state index contributed by atoms with van der Waals surface area (Å²) in [5, 5.41) is 6.94. The molecular weight excluding hydrogens is 220 g/mol. The maximum absolute atomic E-state index is 5.23. The minimum absolute atomic E-state index is 0.370. The Morgan fingerprint density at radius 1 is 1.44 bits per heavy atom. The molecule has 2 N–H and O–H groups in total. The molecule has 0 saturated carbocycles. The highest BCUT2D eigenvalue weighted by Gasteiger charge is 2.05. The standard InChI is InChI=1S/C12H18N2OS/c1-4-9(2)13-12(16)14-10-7-5-6-8-11(10)15-3/h5-9H,4H2,1-3H3,(H2,13,14,16)/t9-/m0/s1. The van der Waals surface area contributed by atoms with Gasteiger partial charge in [0.25, 0.3) is 0 Å². The van der Waals surface area contributed by atoms with E-state index in [1.807, 2.05) is 24.3 Å². The van der Waals surface area contributed by atoms with Crippen LogP contribution in [-0.4, -0.2) is 18.3 Å². The van der Waals surface area contributed by atoms with Gasteiger partial charge in [-0.3, -0.25) is 0 Å². The van der Waals surface area contributed by atoms with Crippen LogP contribution >= 0.6 is 12.2 Å². The van der Waals surface area contributed by atoms with Crippen molar-refractivity contribution in [3.05, 3.63) is 24.3 Å². The number of hydrogen-bond acceptors (Lipinski definition) is 2. The predicted molar refractivity (Wildman–Crippen MR) is 72.1 cm³/mol. The molecular formula is C12H18N2OS. The minimum atomic E-state index is 0.370. The van der Waals surface area contributed by atoms with Crippen LogP contribution in [-0.2, 0) is 0 Å². The molecule has 0 amide bonds. The maximum atomic E-state index is 5.23. The van der Waals surface area contributed by atoms with E-state index in [0.717, 1.165) is 17.9 Å². The second-order valence-electron chi connectivity index (χ2n) is 3.61. The summed E-state index contributed by atoms with van der Waals surface area (Å²) in [6, 6.07) is 8.07. The molecule has 0 radical (unpaired) electrons. The summed E-state index contributed by atoms with van der Waals surface area (Å²) in [5.74, 6) is 0.788. The zero-order chi connectivity index (χ0) is 12.0. The van der Waals surface area contributed by atoms with E-state index < -0.39 is 0 Å². The Morgan fingerprint density at radius 2 is 2.12 bits per heavy atom. The van der Waals surface area contributed by atoms with E-state index in [9.17, 15) is 0 Å². The summed E-state index contributed by atoms with van der Waals surface area (Å²) in [4.78, 5) is 0. The van der Waals surface area contributed by atoms with Gasteiger partial charge in [0.05, 0.1) is 12.8 Å². The summed E-state index contributed by atoms with van der Waals surface area (Å²) in [7, 11) is 1.64. The molecule has 0 fully saturated rings. The molecule has 16 heavy (non-hydrogen) atoms. The quantitative estimate of drug-likeness (QED) is 0.790. The van der Waals surface area contributed by atoms with Crippen molar-refractivity contribution in [1.29, 1.82) is 0 Å². The van der Waals surface area contributed by atoms with Gasteiger partial charge < -0.3 is 15.4 Å². The Morgan fingerprint density at radius 3 is 2.75 bits per heavy atom. The number of hydrogen-bond donors (Lipinski definition) is 2. The average molecular weight is 238 g/mol. The molecule has 3 nitrogen and oxygen atoms in total. The van der Waals surface area contributed by atoms with Crippen LogP contribution in [0.5, 0.6) is 5.75 Å². The molecule has 1 atom stereocenters. The molecule has 0 unspecified atom stereocenters. The van der Waals surface area contributed by atoms with Gasteiger partial charge in [-0.05, 0) is 37.7 Å². The molecule has 1 rings (SSSR count). The van der Waals surface area contributed by atoms with Crippen LogP contribution in [0.2, 0.25) is 0 Å². The fourth-order valence-corrected chi connectivity index (χ4v) is 1.54. The molecule has 1 aromatic rings. The Hall–Kier alpha value is -1.29. The number of nitrogens with one attached hydrogen (secondary N) is 2. The van der Waals surface area contributed by atoms with E-state index in [1.165, 1.54) is 0 Å². The van der Waals surface area contributed by atoms with E-state index in [2.05, 4.69) is 24.5 Å². The van der Waals surface area contributed by atoms with Crippen LogP contribution in [0.1, 0.15) is 20.3 Å². The molecule has 0 spiro atoms. The van der Waals surface area contributed by atoms with Crippen molar-refractivity contribution in [3.63, 3.8) is 0 Å². The van der Waals surface area contributed by atoms with Gasteiger partial charge in [-0.1, -0.05) is 19.1 Å². The van der Waals surface area contributed by atoms with Crippen LogP contribution in [0.3, 0.4) is 0 Å². The topological polar surface area (TPSA) is 33.3 Å². The van der Waals surface area contributed by atoms with Gasteiger partial charge in [-0.2, -0.15) is 0 Å². The van der Waals surface area contributed by atoms with Crippen molar-refractivity contribution in [2.24, 2.45) is 0 Å². The first-order valence-corrected chi connectivity index (χ1v) is 5.78. The lowest BCUT2D eigenvalue weighted by atomic mass is 10.2. The van der Waals surface area contributed by atoms with Gasteiger partial charge in [0.2, 0.25) is 0 Å². The molecule has 0 aliphatic carbocycles. The Balaban J connectivity index is 2.62. The zero-order valence-corrected chi connectivity index (χ0v) is 10.7. The van der Waals surface area contributed by atoms with Gasteiger partial charge in [0.1, 0.15) is 5.75 Å². The fourth-order valence-electron chi connectivity index (χ4n) is 1.23. The second kappa shape index (κ2) is 6.33. The summed E-state index contributed by atoms with van der Waals surface area (Å²) in [6.07, 6.45) is 1.04. The van der Waals surface area contributed by atoms with Crippen molar-refractivity contribution < 1.29 is 4.74 Å². The molecule has 0 aromatic heterocycles. The first kappa shape index (κ1) is 12.8. The minimum Gasteiger partial charge on any atom is -0.495 e. The van der Waals surface area contributed by atoms with Crippen LogP contribution in [0.25, 0.3) is 0 Å². The van der Waals surface area contributed by atoms with E-state index in [4.69, 9.17) is 17.0 Å². The molecule has 4 heteroatoms. The third-order valence-electron chi connectivity index (χ3n) is 2.35. The normalized spacial score (nSPS) is 11.7. The van der Waals surface area contributed by atoms with Crippen LogP contribution in [0, 0.1) is 0 Å². The highest BCUT2D eigenvalue weighted by molar-refractivity contribution is 7.80. The summed E-state index contributed by atoms with van der Waals surface area (Å²) >= 11 is 5.21. The van der Waals surface area contributed by atoms with E-state index >= 15 is 0 Å². The van der Waals surface area contributed by atoms with Crippen molar-refractivity contribution in [2.75, 3.05) is 12.4 Å². The Labute approximate surface area is 102 Å². The lowest BCUT2D eigenvalue weighted by molar-refractivity contribution is 0.417. The summed E-state index contributed by atoms with van der Waals surface area (Å²) in [6.45, 7) is 4.21. The monoisotopic (exact) mass is 238 g/mol. The van der Waals surface area contributed by atoms with E-state index in [-0.39, 0.29) is 0 Å². The van der Waals surface area contributed by atoms with Crippen LogP contribution < -0.4 is 15.4 Å². The number of para-hydroxylation sites is 2. The zero-order valence-electron chi connectivity index (χ0n) is 9.91. The molecule has 0 saturated heterocycles. The number of benzene rings is 1. The molecule has 0 bridgehead atoms. The average Bonchev–Trinajstić information content (AvgIpc) is 2.29. The van der Waals surface area contributed by atoms with Gasteiger partial charge in [-0.15, -0.1) is 0 Å². The molecule has 0 heterocycles. The number of methoxy groups -OCH3 is 1. The van der Waals surface area contributed by atoms with E-state index in [0.29, 0.717) is 11.2 Å². The van der Waals surface area contributed by atoms with Gasteiger partial charge >= 0.3 is 0 Å². The van der Waals surface area contributed by atoms with Crippen molar-refractivity contribution >= 4 is 23.0 Å². The maximum Gasteiger partial charge on any atom is 0.171 e. The summed E-state index contributed by atoms with van der Waals surface area (Å²) in [5.41, 5.74) is 0.880. The molecule has 88 valence electrons. The summed E-state index contributed by atoms with van der Waals surface area (Å²) < 4.78 is 5.23. The van der Waals surface area contributed by atoms with Crippen molar-refractivity contribution in [2.45, 2.75) is 26.3 Å². The SMILES string of the molecule is CC[C@H](C)NC(=S)Nc1ccccc1OC. The lowest BCUT2D eigenvalue weighted by Crippen LogP contribution is -2.35. The first-order chi connectivity index (χ1) is 7.67. The smallest absolute Gasteiger partial charge is 0.171 e. The van der Waals surface area contributed by atoms with E-state index in [1.54, 1.807) is 7.11 Å². The second-order valence-corrected chi connectivity index (χ2v) is 4.02. The number of rotatable bonds is 4. The van der Waals surface area contributed by atoms with Crippen molar-refractivity contribution in [3.8, 4) is 5.75 Å². The third kappa shape index (κ3) is 3.70. The third-order valence-corrected chi connectivity index (χ3v) is 2.56. The lowest BCUT2D eigenvalue weighted by Gasteiger charge is -2.16. The Bertz CT molecular complexity index is 355. The number of ether oxygens (including phenoxy) is 1. The molecule has 1 aromatic carbocycles. The molecule has 0 aliphatic rings. The molecule has 0 aliphatic heterocycles. The van der Waals surface area contributed by atoms with Gasteiger partial charge in [-0.25, -0.2) is 0 Å².